The Labute approximate surface area is 88.3 Å². The van der Waals surface area contributed by atoms with Crippen LogP contribution in [0.1, 0.15) is 12.8 Å². The maximum atomic E-state index is 11.4. The summed E-state index contributed by atoms with van der Waals surface area (Å²) in [7, 11) is 0. The lowest BCUT2D eigenvalue weighted by Gasteiger charge is -2.25. The highest BCUT2D eigenvalue weighted by atomic mass is 32.2. The summed E-state index contributed by atoms with van der Waals surface area (Å²) < 4.78 is 0. The molecule has 5 heteroatoms. The molecular formula is C9H17NO3S. The molecule has 0 spiro atoms. The van der Waals surface area contributed by atoms with Crippen LogP contribution in [-0.2, 0) is 4.79 Å². The summed E-state index contributed by atoms with van der Waals surface area (Å²) >= 11 is 1.69. The Morgan fingerprint density at radius 1 is 1.71 bits per heavy atom. The van der Waals surface area contributed by atoms with Crippen LogP contribution in [0.4, 0.5) is 0 Å². The normalized spacial score (nSPS) is 24.4. The van der Waals surface area contributed by atoms with Crippen molar-refractivity contribution in [2.24, 2.45) is 0 Å². The molecule has 1 saturated heterocycles. The van der Waals surface area contributed by atoms with E-state index in [1.165, 1.54) is 0 Å². The summed E-state index contributed by atoms with van der Waals surface area (Å²) in [5, 5.41) is 18.4. The maximum Gasteiger partial charge on any atom is 0.225 e. The second-order valence-electron chi connectivity index (χ2n) is 3.52. The number of carbonyl (C=O) groups excluding carboxylic acids is 1. The van der Waals surface area contributed by atoms with Crippen LogP contribution in [0.15, 0.2) is 0 Å². The van der Waals surface area contributed by atoms with Crippen molar-refractivity contribution in [1.29, 1.82) is 0 Å². The minimum absolute atomic E-state index is 0.0149. The van der Waals surface area contributed by atoms with Crippen molar-refractivity contribution in [2.75, 3.05) is 25.2 Å². The van der Waals surface area contributed by atoms with E-state index in [0.29, 0.717) is 6.54 Å². The molecule has 0 radical (unpaired) electrons. The van der Waals surface area contributed by atoms with Crippen molar-refractivity contribution in [1.82, 2.24) is 4.90 Å². The van der Waals surface area contributed by atoms with Gasteiger partial charge in [0, 0.05) is 6.54 Å². The van der Waals surface area contributed by atoms with Gasteiger partial charge < -0.3 is 15.1 Å². The highest BCUT2D eigenvalue weighted by molar-refractivity contribution is 7.98. The molecule has 0 aliphatic carbocycles. The van der Waals surface area contributed by atoms with Crippen LogP contribution < -0.4 is 0 Å². The van der Waals surface area contributed by atoms with Crippen LogP contribution >= 0.6 is 11.8 Å². The van der Waals surface area contributed by atoms with E-state index in [1.54, 1.807) is 16.7 Å². The summed E-state index contributed by atoms with van der Waals surface area (Å²) in [6.45, 7) is 0.359. The number of hydrogen-bond acceptors (Lipinski definition) is 4. The predicted molar refractivity (Wildman–Crippen MR) is 56.2 cm³/mol. The van der Waals surface area contributed by atoms with Crippen LogP contribution in [0.5, 0.6) is 0 Å². The molecule has 1 rings (SSSR count). The van der Waals surface area contributed by atoms with Gasteiger partial charge in [0.05, 0.1) is 25.2 Å². The topological polar surface area (TPSA) is 60.8 Å². The van der Waals surface area contributed by atoms with Crippen molar-refractivity contribution in [3.8, 4) is 0 Å². The van der Waals surface area contributed by atoms with Crippen molar-refractivity contribution < 1.29 is 15.0 Å². The third-order valence-electron chi connectivity index (χ3n) is 2.44. The van der Waals surface area contributed by atoms with Crippen molar-refractivity contribution >= 4 is 17.7 Å². The Morgan fingerprint density at radius 2 is 2.43 bits per heavy atom. The number of hydrogen-bond donors (Lipinski definition) is 2. The number of aliphatic hydroxyl groups is 2. The Kier molecular flexibility index (Phi) is 4.71. The van der Waals surface area contributed by atoms with Gasteiger partial charge in [0.15, 0.2) is 0 Å². The molecule has 0 bridgehead atoms. The molecule has 1 aliphatic rings. The molecule has 0 aromatic carbocycles. The number of likely N-dealkylation sites (tertiary alicyclic amines) is 1. The summed E-state index contributed by atoms with van der Waals surface area (Å²) in [6, 6.07) is -0.118. The summed E-state index contributed by atoms with van der Waals surface area (Å²) in [5.41, 5.74) is 0. The Morgan fingerprint density at radius 3 is 2.86 bits per heavy atom. The highest BCUT2D eigenvalue weighted by Gasteiger charge is 2.32. The van der Waals surface area contributed by atoms with E-state index in [1.807, 2.05) is 6.26 Å². The van der Waals surface area contributed by atoms with Crippen LogP contribution in [0, 0.1) is 0 Å². The minimum atomic E-state index is -0.550. The number of rotatable bonds is 5. The quantitative estimate of drug-likeness (QED) is 0.666. The third kappa shape index (κ3) is 2.87. The first-order valence-electron chi connectivity index (χ1n) is 4.76. The van der Waals surface area contributed by atoms with Gasteiger partial charge in [-0.3, -0.25) is 4.79 Å². The zero-order valence-corrected chi connectivity index (χ0v) is 9.16. The number of aliphatic hydroxyl groups excluding tert-OH is 2. The third-order valence-corrected chi connectivity index (χ3v) is 3.09. The molecule has 0 saturated carbocycles. The van der Waals surface area contributed by atoms with Crippen LogP contribution in [-0.4, -0.2) is 58.3 Å². The second kappa shape index (κ2) is 5.58. The standard InChI is InChI=1S/C9H17NO3S/c1-14-3-2-7(6-11)10-5-8(12)4-9(10)13/h7-8,11-12H,2-6H2,1H3/t7-,8?/m0/s1. The lowest BCUT2D eigenvalue weighted by atomic mass is 10.2. The maximum absolute atomic E-state index is 11.4. The first kappa shape index (κ1) is 11.8. The zero-order chi connectivity index (χ0) is 10.6. The van der Waals surface area contributed by atoms with Crippen LogP contribution in [0.3, 0.4) is 0 Å². The fourth-order valence-corrected chi connectivity index (χ4v) is 2.17. The lowest BCUT2D eigenvalue weighted by Crippen LogP contribution is -2.39. The van der Waals surface area contributed by atoms with E-state index in [9.17, 15) is 9.90 Å². The fraction of sp³-hybridized carbons (Fsp3) is 0.889. The smallest absolute Gasteiger partial charge is 0.225 e. The van der Waals surface area contributed by atoms with Gasteiger partial charge in [-0.1, -0.05) is 0 Å². The molecule has 1 heterocycles. The largest absolute Gasteiger partial charge is 0.394 e. The summed E-state index contributed by atoms with van der Waals surface area (Å²) in [4.78, 5) is 13.0. The highest BCUT2D eigenvalue weighted by Crippen LogP contribution is 2.17. The Balaban J connectivity index is 2.47. The lowest BCUT2D eigenvalue weighted by molar-refractivity contribution is -0.130. The van der Waals surface area contributed by atoms with Crippen molar-refractivity contribution in [2.45, 2.75) is 25.0 Å². The number of carbonyl (C=O) groups is 1. The Hall–Kier alpha value is -0.260. The summed E-state index contributed by atoms with van der Waals surface area (Å²) in [5.74, 6) is 0.878. The number of amides is 1. The molecule has 0 aromatic rings. The van der Waals surface area contributed by atoms with Gasteiger partial charge in [0.25, 0.3) is 0 Å². The average Bonchev–Trinajstić information content (AvgIpc) is 2.47. The molecule has 2 atom stereocenters. The summed E-state index contributed by atoms with van der Waals surface area (Å²) in [6.07, 6.45) is 2.44. The molecule has 14 heavy (non-hydrogen) atoms. The molecule has 1 aliphatic heterocycles. The monoisotopic (exact) mass is 219 g/mol. The van der Waals surface area contributed by atoms with E-state index >= 15 is 0 Å². The van der Waals surface area contributed by atoms with E-state index in [0.717, 1.165) is 12.2 Å². The van der Waals surface area contributed by atoms with Crippen molar-refractivity contribution in [3.63, 3.8) is 0 Å². The first-order chi connectivity index (χ1) is 6.69. The Bertz CT molecular complexity index is 200. The SMILES string of the molecule is CSCC[C@@H](CO)N1CC(O)CC1=O. The number of β-amino-alcohol motifs (C(OH)–C–C–N with tert-alkyl or cyclic N) is 1. The fourth-order valence-electron chi connectivity index (χ4n) is 1.66. The molecule has 82 valence electrons. The van der Waals surface area contributed by atoms with Gasteiger partial charge in [-0.25, -0.2) is 0 Å². The van der Waals surface area contributed by atoms with E-state index in [-0.39, 0.29) is 25.0 Å². The second-order valence-corrected chi connectivity index (χ2v) is 4.51. The molecule has 0 aromatic heterocycles. The van der Waals surface area contributed by atoms with Crippen LogP contribution in [0.2, 0.25) is 0 Å². The van der Waals surface area contributed by atoms with Gasteiger partial charge in [0.1, 0.15) is 0 Å². The molecule has 1 fully saturated rings. The first-order valence-corrected chi connectivity index (χ1v) is 6.15. The van der Waals surface area contributed by atoms with Gasteiger partial charge in [-0.05, 0) is 18.4 Å². The number of thioether (sulfide) groups is 1. The molecule has 4 nitrogen and oxygen atoms in total. The van der Waals surface area contributed by atoms with E-state index in [2.05, 4.69) is 0 Å². The van der Waals surface area contributed by atoms with Gasteiger partial charge in [0.2, 0.25) is 5.91 Å². The molecular weight excluding hydrogens is 202 g/mol. The van der Waals surface area contributed by atoms with Crippen LogP contribution in [0.25, 0.3) is 0 Å². The molecule has 1 amide bonds. The zero-order valence-electron chi connectivity index (χ0n) is 8.35. The van der Waals surface area contributed by atoms with Gasteiger partial charge in [-0.15, -0.1) is 0 Å². The van der Waals surface area contributed by atoms with Gasteiger partial charge in [-0.2, -0.15) is 11.8 Å². The van der Waals surface area contributed by atoms with Gasteiger partial charge >= 0.3 is 0 Å². The number of nitrogens with zero attached hydrogens (tertiary/aromatic N) is 1. The molecule has 2 N–H and O–H groups in total. The average molecular weight is 219 g/mol. The van der Waals surface area contributed by atoms with E-state index < -0.39 is 6.10 Å². The predicted octanol–water partition coefficient (Wildman–Crippen LogP) is -0.306. The minimum Gasteiger partial charge on any atom is -0.394 e. The van der Waals surface area contributed by atoms with E-state index in [4.69, 9.17) is 5.11 Å². The molecule has 1 unspecified atom stereocenters. The van der Waals surface area contributed by atoms with Crippen molar-refractivity contribution in [3.05, 3.63) is 0 Å².